The third-order valence-electron chi connectivity index (χ3n) is 18.9. The van der Waals surface area contributed by atoms with Gasteiger partial charge in [-0.25, -0.2) is 0 Å². The summed E-state index contributed by atoms with van der Waals surface area (Å²) in [6, 6.07) is 45.6. The van der Waals surface area contributed by atoms with Crippen molar-refractivity contribution < 1.29 is 0 Å². The first kappa shape index (κ1) is 53.9. The second-order valence-electron chi connectivity index (χ2n) is 23.2. The number of aryl methyl sites for hydroxylation is 5. The summed E-state index contributed by atoms with van der Waals surface area (Å²) in [5.74, 6) is 0. The van der Waals surface area contributed by atoms with E-state index in [0.717, 1.165) is 43.5 Å². The fourth-order valence-corrected chi connectivity index (χ4v) is 13.0. The van der Waals surface area contributed by atoms with Gasteiger partial charge in [0.05, 0.1) is 22.8 Å². The van der Waals surface area contributed by atoms with Crippen LogP contribution in [0.2, 0.25) is 0 Å². The summed E-state index contributed by atoms with van der Waals surface area (Å²) in [5.41, 5.74) is 47.4. The summed E-state index contributed by atoms with van der Waals surface area (Å²) < 4.78 is 0. The molecule has 0 amide bonds. The lowest BCUT2D eigenvalue weighted by Crippen LogP contribution is -1.97. The normalized spacial score (nSPS) is 12.4. The predicted octanol–water partition coefficient (Wildman–Crippen LogP) is 18.5. The van der Waals surface area contributed by atoms with Gasteiger partial charge in [-0.3, -0.25) is 19.9 Å². The van der Waals surface area contributed by atoms with Crippen LogP contribution in [-0.4, -0.2) is 19.9 Å². The number of hydrogen-bond acceptors (Lipinski definition) is 4. The van der Waals surface area contributed by atoms with Gasteiger partial charge in [0, 0.05) is 70.7 Å². The minimum absolute atomic E-state index is 0.994. The van der Waals surface area contributed by atoms with Gasteiger partial charge in [0.2, 0.25) is 0 Å². The zero-order chi connectivity index (χ0) is 56.4. The van der Waals surface area contributed by atoms with Gasteiger partial charge in [0.15, 0.2) is 0 Å². The van der Waals surface area contributed by atoms with Gasteiger partial charge in [-0.15, -0.1) is 0 Å². The molecular formula is C76H76N4. The molecule has 4 heteroatoms. The Bertz CT molecular complexity index is 3790. The van der Waals surface area contributed by atoms with Crippen molar-refractivity contribution in [2.45, 2.75) is 136 Å². The molecule has 5 aliphatic carbocycles. The lowest BCUT2D eigenvalue weighted by Gasteiger charge is -2.11. The molecule has 5 aliphatic rings. The second kappa shape index (κ2) is 21.5. The van der Waals surface area contributed by atoms with Crippen molar-refractivity contribution in [2.24, 2.45) is 0 Å². The maximum Gasteiger partial charge on any atom is 0.0746 e. The molecule has 0 bridgehead atoms. The smallest absolute Gasteiger partial charge is 0.0746 e. The highest BCUT2D eigenvalue weighted by Gasteiger charge is 2.27. The molecule has 0 atom stereocenters. The van der Waals surface area contributed by atoms with E-state index < -0.39 is 0 Å². The van der Waals surface area contributed by atoms with E-state index in [1.807, 2.05) is 0 Å². The Kier molecular flexibility index (Phi) is 14.5. The maximum atomic E-state index is 4.76. The summed E-state index contributed by atoms with van der Waals surface area (Å²) in [6.45, 7) is 32.6. The van der Waals surface area contributed by atoms with E-state index in [4.69, 9.17) is 19.9 Å². The van der Waals surface area contributed by atoms with Crippen LogP contribution in [0.5, 0.6) is 0 Å². The van der Waals surface area contributed by atoms with Crippen molar-refractivity contribution in [3.8, 4) is 55.9 Å². The standard InChI is InChI=1S/C16H16.4C15H15N/c1-10-8-16-14-7-5-4-6-13(14)9-15(16)12(3)11(10)2;2*1-9-10(2)15-13-7-5-4-6-12(13)8-14(15)16-11(9)3;2*1-9-10(2)14-8-12-6-4-5-7-13(12)15(14)16-11(9)3/h4-8H,9H2,1-3H3;4*4-7H,8H2,1-3H3. The summed E-state index contributed by atoms with van der Waals surface area (Å²) in [4.78, 5) is 19.0. The van der Waals surface area contributed by atoms with E-state index in [-0.39, 0.29) is 0 Å². The lowest BCUT2D eigenvalue weighted by atomic mass is 9.94. The van der Waals surface area contributed by atoms with Crippen LogP contribution in [0.25, 0.3) is 55.9 Å². The van der Waals surface area contributed by atoms with Crippen LogP contribution < -0.4 is 0 Å². The molecule has 4 aromatic heterocycles. The minimum atomic E-state index is 0.994. The molecule has 0 saturated carbocycles. The van der Waals surface area contributed by atoms with Gasteiger partial charge < -0.3 is 0 Å². The van der Waals surface area contributed by atoms with Gasteiger partial charge in [0.1, 0.15) is 0 Å². The van der Waals surface area contributed by atoms with Crippen molar-refractivity contribution in [2.75, 3.05) is 0 Å². The molecule has 4 heterocycles. The summed E-state index contributed by atoms with van der Waals surface area (Å²) >= 11 is 0. The average molecular weight is 1050 g/mol. The molecule has 6 aromatic carbocycles. The number of pyridine rings is 4. The highest BCUT2D eigenvalue weighted by Crippen LogP contribution is 2.43. The van der Waals surface area contributed by atoms with Crippen molar-refractivity contribution >= 4 is 0 Å². The van der Waals surface area contributed by atoms with E-state index in [1.54, 1.807) is 0 Å². The Morgan fingerprint density at radius 3 is 0.963 bits per heavy atom. The first-order valence-corrected chi connectivity index (χ1v) is 28.8. The number of hydrogen-bond donors (Lipinski definition) is 0. The molecule has 80 heavy (non-hydrogen) atoms. The monoisotopic (exact) mass is 1040 g/mol. The fourth-order valence-electron chi connectivity index (χ4n) is 13.0. The van der Waals surface area contributed by atoms with Crippen LogP contribution >= 0.6 is 0 Å². The Morgan fingerprint density at radius 2 is 0.550 bits per heavy atom. The van der Waals surface area contributed by atoms with Gasteiger partial charge in [0.25, 0.3) is 0 Å². The molecule has 0 spiro atoms. The molecule has 400 valence electrons. The van der Waals surface area contributed by atoms with Crippen molar-refractivity contribution in [1.82, 2.24) is 19.9 Å². The number of benzene rings is 6. The largest absolute Gasteiger partial charge is 0.257 e. The Hall–Kier alpha value is -8.08. The van der Waals surface area contributed by atoms with Crippen LogP contribution in [-0.2, 0) is 32.1 Å². The van der Waals surface area contributed by atoms with Crippen molar-refractivity contribution in [1.29, 1.82) is 0 Å². The summed E-state index contributed by atoms with van der Waals surface area (Å²) in [7, 11) is 0. The van der Waals surface area contributed by atoms with Gasteiger partial charge in [-0.05, 0) is 238 Å². The summed E-state index contributed by atoms with van der Waals surface area (Å²) in [6.07, 6.45) is 5.19. The van der Waals surface area contributed by atoms with Crippen LogP contribution in [0.1, 0.15) is 140 Å². The molecule has 0 unspecified atom stereocenters. The van der Waals surface area contributed by atoms with Crippen molar-refractivity contribution in [3.05, 3.63) is 267 Å². The molecule has 0 N–H and O–H groups in total. The number of nitrogens with zero attached hydrogens (tertiary/aromatic N) is 4. The summed E-state index contributed by atoms with van der Waals surface area (Å²) in [5, 5.41) is 0. The average Bonchev–Trinajstić information content (AvgIpc) is 4.41. The molecule has 15 rings (SSSR count). The molecule has 0 radical (unpaired) electrons. The predicted molar refractivity (Wildman–Crippen MR) is 336 cm³/mol. The third-order valence-corrected chi connectivity index (χ3v) is 18.9. The second-order valence-corrected chi connectivity index (χ2v) is 23.2. The molecule has 0 saturated heterocycles. The topological polar surface area (TPSA) is 51.6 Å². The molecular weight excluding hydrogens is 969 g/mol. The zero-order valence-electron chi connectivity index (χ0n) is 49.9. The molecule has 4 nitrogen and oxygen atoms in total. The number of rotatable bonds is 0. The number of aromatic nitrogens is 4. The highest BCUT2D eigenvalue weighted by atomic mass is 14.7. The van der Waals surface area contributed by atoms with Crippen LogP contribution in [0.4, 0.5) is 0 Å². The van der Waals surface area contributed by atoms with Crippen LogP contribution in [0.3, 0.4) is 0 Å². The molecule has 10 aromatic rings. The molecule has 0 aliphatic heterocycles. The van der Waals surface area contributed by atoms with E-state index in [9.17, 15) is 0 Å². The first-order valence-electron chi connectivity index (χ1n) is 28.8. The van der Waals surface area contributed by atoms with E-state index in [2.05, 4.69) is 231 Å². The highest BCUT2D eigenvalue weighted by molar-refractivity contribution is 5.82. The van der Waals surface area contributed by atoms with Crippen molar-refractivity contribution in [3.63, 3.8) is 0 Å². The van der Waals surface area contributed by atoms with Crippen LogP contribution in [0.15, 0.2) is 127 Å². The van der Waals surface area contributed by atoms with E-state index in [0.29, 0.717) is 0 Å². The Morgan fingerprint density at radius 1 is 0.250 bits per heavy atom. The fraction of sp³-hybridized carbons (Fsp3) is 0.263. The Labute approximate surface area is 476 Å². The van der Waals surface area contributed by atoms with Gasteiger partial charge >= 0.3 is 0 Å². The van der Waals surface area contributed by atoms with E-state index in [1.165, 1.54) is 184 Å². The lowest BCUT2D eigenvalue weighted by molar-refractivity contribution is 1.04. The first-order chi connectivity index (χ1) is 38.4. The van der Waals surface area contributed by atoms with Gasteiger partial charge in [-0.2, -0.15) is 0 Å². The Balaban J connectivity index is 0.000000105. The van der Waals surface area contributed by atoms with Gasteiger partial charge in [-0.1, -0.05) is 127 Å². The van der Waals surface area contributed by atoms with E-state index >= 15 is 0 Å². The quantitative estimate of drug-likeness (QED) is 0.152. The maximum absolute atomic E-state index is 4.76. The minimum Gasteiger partial charge on any atom is -0.257 e. The zero-order valence-corrected chi connectivity index (χ0v) is 49.9. The SMILES string of the molecule is Cc1cc2c(c(C)c1C)Cc1ccccc1-2.Cc1nc2c(c(C)c1C)-c1ccccc1C2.Cc1nc2c(c(C)c1C)-c1ccccc1C2.Cc1nc2c(c(C)c1C)Cc1ccccc1-2.Cc1nc2c(c(C)c1C)Cc1ccccc1-2. The van der Waals surface area contributed by atoms with Crippen LogP contribution in [0, 0.1) is 104 Å². The number of fused-ring (bicyclic) bond motifs is 15. The third kappa shape index (κ3) is 9.51. The molecule has 0 fully saturated rings.